The van der Waals surface area contributed by atoms with E-state index in [2.05, 4.69) is 15.5 Å². The van der Waals surface area contributed by atoms with Gasteiger partial charge in [0.1, 0.15) is 10.8 Å². The van der Waals surface area contributed by atoms with Gasteiger partial charge in [-0.25, -0.2) is 4.79 Å². The minimum Gasteiger partial charge on any atom is -0.481 e. The van der Waals surface area contributed by atoms with Gasteiger partial charge in [-0.15, -0.1) is 21.5 Å². The van der Waals surface area contributed by atoms with Gasteiger partial charge in [0.25, 0.3) is 0 Å². The van der Waals surface area contributed by atoms with E-state index in [1.807, 2.05) is 33.0 Å². The lowest BCUT2D eigenvalue weighted by Crippen LogP contribution is -2.16. The second kappa shape index (κ2) is 10.8. The molecule has 11 heteroatoms. The maximum atomic E-state index is 12.5. The number of hydrogen-bond acceptors (Lipinski definition) is 8. The molecule has 0 saturated carbocycles. The van der Waals surface area contributed by atoms with E-state index in [0.717, 1.165) is 11.3 Å². The molecule has 1 atom stereocenters. The summed E-state index contributed by atoms with van der Waals surface area (Å²) in [6.45, 7) is 3.83. The minimum absolute atomic E-state index is 0.103. The van der Waals surface area contributed by atoms with E-state index >= 15 is 0 Å². The number of aryl methyl sites for hydroxylation is 1. The highest BCUT2D eigenvalue weighted by Crippen LogP contribution is 2.31. The van der Waals surface area contributed by atoms with Crippen LogP contribution in [-0.2, 0) is 23.0 Å². The predicted molar refractivity (Wildman–Crippen MR) is 126 cm³/mol. The summed E-state index contributed by atoms with van der Waals surface area (Å²) < 4.78 is 12.5. The summed E-state index contributed by atoms with van der Waals surface area (Å²) in [5, 5.41) is 12.7. The first kappa shape index (κ1) is 24.1. The third-order valence-corrected chi connectivity index (χ3v) is 7.02. The molecular formula is C21H23ClN4O4S2. The number of amides is 1. The second-order valence-corrected chi connectivity index (χ2v) is 9.21. The van der Waals surface area contributed by atoms with Crippen molar-refractivity contribution in [2.24, 2.45) is 7.05 Å². The molecule has 32 heavy (non-hydrogen) atoms. The summed E-state index contributed by atoms with van der Waals surface area (Å²) in [7, 11) is 3.12. The SMILES string of the molecule is CCc1cc(C(=O)OC)c(NC(=O)CSc2nnc(C(C)Oc3ccccc3Cl)n2C)s1. The number of esters is 1. The van der Waals surface area contributed by atoms with E-state index in [1.54, 1.807) is 22.8 Å². The normalized spacial score (nSPS) is 11.8. The topological polar surface area (TPSA) is 95.3 Å². The molecule has 170 valence electrons. The number of thioether (sulfide) groups is 1. The van der Waals surface area contributed by atoms with Crippen LogP contribution in [0.15, 0.2) is 35.5 Å². The van der Waals surface area contributed by atoms with E-state index in [0.29, 0.717) is 32.3 Å². The van der Waals surface area contributed by atoms with Gasteiger partial charge in [0.05, 0.1) is 23.4 Å². The number of methoxy groups -OCH3 is 1. The molecule has 2 aromatic heterocycles. The predicted octanol–water partition coefficient (Wildman–Crippen LogP) is 4.75. The number of hydrogen-bond donors (Lipinski definition) is 1. The van der Waals surface area contributed by atoms with Crippen molar-refractivity contribution in [2.45, 2.75) is 31.5 Å². The number of carbonyl (C=O) groups excluding carboxylic acids is 2. The quantitative estimate of drug-likeness (QED) is 0.338. The third kappa shape index (κ3) is 5.62. The number of para-hydroxylation sites is 1. The van der Waals surface area contributed by atoms with Gasteiger partial charge in [-0.2, -0.15) is 0 Å². The van der Waals surface area contributed by atoms with Gasteiger partial charge in [0, 0.05) is 11.9 Å². The summed E-state index contributed by atoms with van der Waals surface area (Å²) in [4.78, 5) is 25.5. The van der Waals surface area contributed by atoms with Crippen molar-refractivity contribution in [3.8, 4) is 5.75 Å². The number of rotatable bonds is 9. The Balaban J connectivity index is 1.63. The van der Waals surface area contributed by atoms with Crippen molar-refractivity contribution in [3.05, 3.63) is 51.6 Å². The Morgan fingerprint density at radius 2 is 2.06 bits per heavy atom. The molecule has 1 amide bonds. The van der Waals surface area contributed by atoms with Gasteiger partial charge >= 0.3 is 5.97 Å². The molecule has 0 fully saturated rings. The van der Waals surface area contributed by atoms with Crippen molar-refractivity contribution in [2.75, 3.05) is 18.2 Å². The van der Waals surface area contributed by atoms with Crippen LogP contribution in [0.25, 0.3) is 0 Å². The molecule has 1 N–H and O–H groups in total. The maximum absolute atomic E-state index is 12.5. The highest BCUT2D eigenvalue weighted by molar-refractivity contribution is 7.99. The minimum atomic E-state index is -0.477. The Morgan fingerprint density at radius 3 is 2.75 bits per heavy atom. The molecule has 3 aromatic rings. The zero-order valence-corrected chi connectivity index (χ0v) is 20.4. The first-order valence-electron chi connectivity index (χ1n) is 9.78. The fourth-order valence-corrected chi connectivity index (χ4v) is 4.75. The van der Waals surface area contributed by atoms with Gasteiger partial charge in [0.2, 0.25) is 5.91 Å². The zero-order chi connectivity index (χ0) is 23.3. The standard InChI is InChI=1S/C21H23ClN4O4S2/c1-5-13-10-14(20(28)29-4)19(32-13)23-17(27)11-31-21-25-24-18(26(21)3)12(2)30-16-9-7-6-8-15(16)22/h6-10,12H,5,11H2,1-4H3,(H,23,27). The Labute approximate surface area is 199 Å². The Hall–Kier alpha value is -2.56. The molecule has 1 aromatic carbocycles. The average Bonchev–Trinajstić information content (AvgIpc) is 3.36. The molecule has 2 heterocycles. The van der Waals surface area contributed by atoms with E-state index in [1.165, 1.54) is 30.2 Å². The largest absolute Gasteiger partial charge is 0.481 e. The fraction of sp³-hybridized carbons (Fsp3) is 0.333. The highest BCUT2D eigenvalue weighted by Gasteiger charge is 2.21. The van der Waals surface area contributed by atoms with Gasteiger partial charge in [-0.1, -0.05) is 42.4 Å². The number of thiophene rings is 1. The molecule has 0 aliphatic carbocycles. The third-order valence-electron chi connectivity index (χ3n) is 4.49. The van der Waals surface area contributed by atoms with Gasteiger partial charge in [-0.05, 0) is 31.5 Å². The van der Waals surface area contributed by atoms with Crippen LogP contribution < -0.4 is 10.1 Å². The number of nitrogens with zero attached hydrogens (tertiary/aromatic N) is 3. The Kier molecular flexibility index (Phi) is 8.16. The molecule has 1 unspecified atom stereocenters. The second-order valence-electron chi connectivity index (χ2n) is 6.73. The molecule has 0 spiro atoms. The molecule has 0 bridgehead atoms. The molecule has 0 aliphatic heterocycles. The monoisotopic (exact) mass is 494 g/mol. The number of benzene rings is 1. The number of aromatic nitrogens is 3. The lowest BCUT2D eigenvalue weighted by Gasteiger charge is -2.15. The van der Waals surface area contributed by atoms with Crippen LogP contribution in [0.4, 0.5) is 5.00 Å². The van der Waals surface area contributed by atoms with E-state index in [4.69, 9.17) is 21.1 Å². The molecular weight excluding hydrogens is 472 g/mol. The lowest BCUT2D eigenvalue weighted by atomic mass is 10.2. The van der Waals surface area contributed by atoms with Crippen LogP contribution in [0, 0.1) is 0 Å². The van der Waals surface area contributed by atoms with Crippen molar-refractivity contribution in [3.63, 3.8) is 0 Å². The maximum Gasteiger partial charge on any atom is 0.340 e. The number of nitrogens with one attached hydrogen (secondary N) is 1. The first-order chi connectivity index (χ1) is 15.3. The van der Waals surface area contributed by atoms with Crippen LogP contribution in [0.1, 0.15) is 41.0 Å². The summed E-state index contributed by atoms with van der Waals surface area (Å²) in [6, 6.07) is 8.95. The average molecular weight is 495 g/mol. The van der Waals surface area contributed by atoms with Crippen LogP contribution >= 0.6 is 34.7 Å². The Morgan fingerprint density at radius 1 is 1.31 bits per heavy atom. The molecule has 0 radical (unpaired) electrons. The number of anilines is 1. The number of carbonyl (C=O) groups is 2. The van der Waals surface area contributed by atoms with Crippen molar-refractivity contribution < 1.29 is 19.1 Å². The summed E-state index contributed by atoms with van der Waals surface area (Å²) in [5.41, 5.74) is 0.360. The summed E-state index contributed by atoms with van der Waals surface area (Å²) in [5.74, 6) is 0.531. The molecule has 0 aliphatic rings. The molecule has 8 nitrogen and oxygen atoms in total. The van der Waals surface area contributed by atoms with Gasteiger partial charge in [0.15, 0.2) is 17.1 Å². The van der Waals surface area contributed by atoms with Crippen LogP contribution in [0.3, 0.4) is 0 Å². The Bertz CT molecular complexity index is 1120. The number of halogens is 1. The lowest BCUT2D eigenvalue weighted by molar-refractivity contribution is -0.113. The van der Waals surface area contributed by atoms with Crippen LogP contribution in [0.2, 0.25) is 5.02 Å². The zero-order valence-electron chi connectivity index (χ0n) is 18.0. The number of ether oxygens (including phenoxy) is 2. The van der Waals surface area contributed by atoms with Crippen molar-refractivity contribution in [1.29, 1.82) is 0 Å². The van der Waals surface area contributed by atoms with E-state index in [-0.39, 0.29) is 11.7 Å². The summed E-state index contributed by atoms with van der Waals surface area (Å²) in [6.07, 6.45) is 0.367. The van der Waals surface area contributed by atoms with Gasteiger partial charge in [-0.3, -0.25) is 4.79 Å². The summed E-state index contributed by atoms with van der Waals surface area (Å²) >= 11 is 8.76. The van der Waals surface area contributed by atoms with E-state index < -0.39 is 12.1 Å². The highest BCUT2D eigenvalue weighted by atomic mass is 35.5. The molecule has 0 saturated heterocycles. The molecule has 3 rings (SSSR count). The van der Waals surface area contributed by atoms with E-state index in [9.17, 15) is 9.59 Å². The fourth-order valence-electron chi connectivity index (χ4n) is 2.85. The van der Waals surface area contributed by atoms with Crippen LogP contribution in [-0.4, -0.2) is 39.5 Å². The van der Waals surface area contributed by atoms with Crippen LogP contribution in [0.5, 0.6) is 5.75 Å². The van der Waals surface area contributed by atoms with Crippen molar-refractivity contribution >= 4 is 51.6 Å². The van der Waals surface area contributed by atoms with Gasteiger partial charge < -0.3 is 19.4 Å². The van der Waals surface area contributed by atoms with Crippen molar-refractivity contribution in [1.82, 2.24) is 14.8 Å². The smallest absolute Gasteiger partial charge is 0.340 e. The first-order valence-corrected chi connectivity index (χ1v) is 12.0.